The van der Waals surface area contributed by atoms with Gasteiger partial charge < -0.3 is 10.5 Å². The highest BCUT2D eigenvalue weighted by Crippen LogP contribution is 2.42. The SMILES string of the molecule is CC(C)(C)C1CCC(N)(CCCC2CCCO2)CC1. The van der Waals surface area contributed by atoms with Crippen LogP contribution in [-0.4, -0.2) is 18.2 Å². The van der Waals surface area contributed by atoms with Gasteiger partial charge in [-0.15, -0.1) is 0 Å². The van der Waals surface area contributed by atoms with Crippen LogP contribution in [0.15, 0.2) is 0 Å². The Hall–Kier alpha value is -0.0800. The molecular formula is C17H33NO. The molecule has 1 heterocycles. The van der Waals surface area contributed by atoms with Crippen molar-refractivity contribution < 1.29 is 4.74 Å². The topological polar surface area (TPSA) is 35.2 Å². The average Bonchev–Trinajstić information content (AvgIpc) is 2.81. The highest BCUT2D eigenvalue weighted by atomic mass is 16.5. The van der Waals surface area contributed by atoms with Crippen LogP contribution in [0, 0.1) is 11.3 Å². The Morgan fingerprint density at radius 3 is 2.37 bits per heavy atom. The molecule has 112 valence electrons. The molecule has 0 bridgehead atoms. The number of rotatable bonds is 4. The molecule has 2 nitrogen and oxygen atoms in total. The van der Waals surface area contributed by atoms with Crippen LogP contribution >= 0.6 is 0 Å². The molecule has 1 aliphatic heterocycles. The Bertz CT molecular complexity index is 267. The van der Waals surface area contributed by atoms with Gasteiger partial charge in [-0.2, -0.15) is 0 Å². The van der Waals surface area contributed by atoms with Gasteiger partial charge in [0.05, 0.1) is 6.10 Å². The third-order valence-electron chi connectivity index (χ3n) is 5.43. The highest BCUT2D eigenvalue weighted by molar-refractivity contribution is 4.92. The molecule has 2 heteroatoms. The Morgan fingerprint density at radius 1 is 1.16 bits per heavy atom. The number of ether oxygens (including phenoxy) is 1. The summed E-state index contributed by atoms with van der Waals surface area (Å²) in [7, 11) is 0. The first kappa shape index (κ1) is 15.3. The monoisotopic (exact) mass is 267 g/mol. The molecule has 0 radical (unpaired) electrons. The molecule has 1 saturated heterocycles. The van der Waals surface area contributed by atoms with Crippen molar-refractivity contribution in [3.05, 3.63) is 0 Å². The zero-order chi connectivity index (χ0) is 13.9. The summed E-state index contributed by atoms with van der Waals surface area (Å²) in [5.41, 5.74) is 7.19. The van der Waals surface area contributed by atoms with E-state index < -0.39 is 0 Å². The summed E-state index contributed by atoms with van der Waals surface area (Å²) >= 11 is 0. The first-order valence-corrected chi connectivity index (χ1v) is 8.30. The first-order valence-electron chi connectivity index (χ1n) is 8.30. The molecule has 0 aromatic rings. The molecule has 1 saturated carbocycles. The van der Waals surface area contributed by atoms with E-state index in [1.807, 2.05) is 0 Å². The summed E-state index contributed by atoms with van der Waals surface area (Å²) < 4.78 is 5.70. The van der Waals surface area contributed by atoms with E-state index in [1.165, 1.54) is 57.8 Å². The van der Waals surface area contributed by atoms with Gasteiger partial charge in [-0.3, -0.25) is 0 Å². The van der Waals surface area contributed by atoms with Crippen LogP contribution in [-0.2, 0) is 4.74 Å². The van der Waals surface area contributed by atoms with Crippen molar-refractivity contribution in [2.24, 2.45) is 17.1 Å². The molecule has 2 rings (SSSR count). The van der Waals surface area contributed by atoms with E-state index in [4.69, 9.17) is 10.5 Å². The summed E-state index contributed by atoms with van der Waals surface area (Å²) in [6.07, 6.45) is 11.8. The maximum atomic E-state index is 6.61. The molecule has 2 fully saturated rings. The zero-order valence-corrected chi connectivity index (χ0v) is 13.2. The van der Waals surface area contributed by atoms with E-state index in [1.54, 1.807) is 0 Å². The quantitative estimate of drug-likeness (QED) is 0.825. The summed E-state index contributed by atoms with van der Waals surface area (Å²) in [6, 6.07) is 0. The molecule has 1 atom stereocenters. The summed E-state index contributed by atoms with van der Waals surface area (Å²) in [6.45, 7) is 8.10. The van der Waals surface area contributed by atoms with E-state index in [-0.39, 0.29) is 5.54 Å². The fraction of sp³-hybridized carbons (Fsp3) is 1.00. The molecule has 0 aromatic heterocycles. The molecule has 1 unspecified atom stereocenters. The maximum Gasteiger partial charge on any atom is 0.0576 e. The zero-order valence-electron chi connectivity index (χ0n) is 13.2. The second kappa shape index (κ2) is 6.13. The van der Waals surface area contributed by atoms with Crippen molar-refractivity contribution in [1.82, 2.24) is 0 Å². The summed E-state index contributed by atoms with van der Waals surface area (Å²) in [5, 5.41) is 0. The van der Waals surface area contributed by atoms with E-state index in [2.05, 4.69) is 20.8 Å². The summed E-state index contributed by atoms with van der Waals surface area (Å²) in [5.74, 6) is 0.863. The fourth-order valence-corrected chi connectivity index (χ4v) is 3.86. The van der Waals surface area contributed by atoms with E-state index in [9.17, 15) is 0 Å². The predicted molar refractivity (Wildman–Crippen MR) is 81.2 cm³/mol. The van der Waals surface area contributed by atoms with E-state index >= 15 is 0 Å². The average molecular weight is 267 g/mol. The normalized spacial score (nSPS) is 36.6. The molecular weight excluding hydrogens is 234 g/mol. The molecule has 19 heavy (non-hydrogen) atoms. The molecule has 2 N–H and O–H groups in total. The largest absolute Gasteiger partial charge is 0.378 e. The lowest BCUT2D eigenvalue weighted by atomic mass is 9.66. The maximum absolute atomic E-state index is 6.61. The smallest absolute Gasteiger partial charge is 0.0576 e. The van der Waals surface area contributed by atoms with Gasteiger partial charge in [0.15, 0.2) is 0 Å². The Morgan fingerprint density at radius 2 is 1.84 bits per heavy atom. The third-order valence-corrected chi connectivity index (χ3v) is 5.43. The summed E-state index contributed by atoms with van der Waals surface area (Å²) in [4.78, 5) is 0. The second-order valence-electron chi connectivity index (χ2n) is 8.03. The highest BCUT2D eigenvalue weighted by Gasteiger charge is 2.35. The number of hydrogen-bond donors (Lipinski definition) is 1. The minimum atomic E-state index is 0.125. The van der Waals surface area contributed by atoms with Crippen molar-refractivity contribution in [2.75, 3.05) is 6.61 Å². The van der Waals surface area contributed by atoms with Crippen LogP contribution in [0.4, 0.5) is 0 Å². The van der Waals surface area contributed by atoms with Crippen molar-refractivity contribution >= 4 is 0 Å². The van der Waals surface area contributed by atoms with E-state index in [0.29, 0.717) is 11.5 Å². The number of hydrogen-bond acceptors (Lipinski definition) is 2. The molecule has 2 aliphatic rings. The Balaban J connectivity index is 1.69. The minimum absolute atomic E-state index is 0.125. The second-order valence-corrected chi connectivity index (χ2v) is 8.03. The van der Waals surface area contributed by atoms with Gasteiger partial charge in [0.25, 0.3) is 0 Å². The minimum Gasteiger partial charge on any atom is -0.378 e. The van der Waals surface area contributed by atoms with Crippen LogP contribution in [0.2, 0.25) is 0 Å². The van der Waals surface area contributed by atoms with Gasteiger partial charge in [-0.1, -0.05) is 20.8 Å². The van der Waals surface area contributed by atoms with Crippen molar-refractivity contribution in [3.8, 4) is 0 Å². The molecule has 0 amide bonds. The van der Waals surface area contributed by atoms with Crippen LogP contribution in [0.3, 0.4) is 0 Å². The fourth-order valence-electron chi connectivity index (χ4n) is 3.86. The lowest BCUT2D eigenvalue weighted by molar-refractivity contribution is 0.0940. The predicted octanol–water partition coefficient (Wildman–Crippen LogP) is 4.27. The third kappa shape index (κ3) is 4.46. The standard InChI is InChI=1S/C17H33NO/c1-16(2,3)14-8-11-17(18,12-9-14)10-4-6-15-7-5-13-19-15/h14-15H,4-13,18H2,1-3H3. The van der Waals surface area contributed by atoms with Crippen LogP contribution < -0.4 is 5.73 Å². The van der Waals surface area contributed by atoms with Crippen molar-refractivity contribution in [2.45, 2.75) is 90.2 Å². The van der Waals surface area contributed by atoms with Crippen molar-refractivity contribution in [3.63, 3.8) is 0 Å². The van der Waals surface area contributed by atoms with Gasteiger partial charge in [-0.05, 0) is 69.1 Å². The molecule has 0 aromatic carbocycles. The molecule has 0 spiro atoms. The van der Waals surface area contributed by atoms with Crippen LogP contribution in [0.25, 0.3) is 0 Å². The van der Waals surface area contributed by atoms with Gasteiger partial charge in [0.2, 0.25) is 0 Å². The van der Waals surface area contributed by atoms with E-state index in [0.717, 1.165) is 12.5 Å². The van der Waals surface area contributed by atoms with Crippen LogP contribution in [0.1, 0.15) is 78.6 Å². The lowest BCUT2D eigenvalue weighted by Crippen LogP contribution is -2.45. The first-order chi connectivity index (χ1) is 8.89. The van der Waals surface area contributed by atoms with Gasteiger partial charge in [-0.25, -0.2) is 0 Å². The number of nitrogens with two attached hydrogens (primary N) is 1. The Kier molecular flexibility index (Phi) is 4.94. The van der Waals surface area contributed by atoms with Crippen molar-refractivity contribution in [1.29, 1.82) is 0 Å². The van der Waals surface area contributed by atoms with Gasteiger partial charge in [0.1, 0.15) is 0 Å². The van der Waals surface area contributed by atoms with Crippen LogP contribution in [0.5, 0.6) is 0 Å². The lowest BCUT2D eigenvalue weighted by Gasteiger charge is -2.42. The van der Waals surface area contributed by atoms with Gasteiger partial charge >= 0.3 is 0 Å². The van der Waals surface area contributed by atoms with Gasteiger partial charge in [0, 0.05) is 12.1 Å². The molecule has 1 aliphatic carbocycles. The Labute approximate surface area is 119 Å².